The zero-order chi connectivity index (χ0) is 14.5. The normalized spacial score (nSPS) is 13.4. The third-order valence-electron chi connectivity index (χ3n) is 3.09. The van der Waals surface area contributed by atoms with E-state index < -0.39 is 0 Å². The standard InChI is InChI=1S/C14H18ClNO4/c1-3-16(9-13(17)18-2)8-10-6-11(15)14-12(7-10)19-4-5-20-14/h6-7H,3-5,8-9H2,1-2H3. The minimum Gasteiger partial charge on any atom is -0.486 e. The molecule has 0 bridgehead atoms. The van der Waals surface area contributed by atoms with Crippen molar-refractivity contribution in [2.24, 2.45) is 0 Å². The molecule has 0 fully saturated rings. The number of carbonyl (C=O) groups is 1. The van der Waals surface area contributed by atoms with E-state index in [1.807, 2.05) is 24.0 Å². The highest BCUT2D eigenvalue weighted by Gasteiger charge is 2.18. The number of benzene rings is 1. The van der Waals surface area contributed by atoms with Gasteiger partial charge >= 0.3 is 5.97 Å². The number of fused-ring (bicyclic) bond motifs is 1. The van der Waals surface area contributed by atoms with Crippen LogP contribution in [0.1, 0.15) is 12.5 Å². The van der Waals surface area contributed by atoms with E-state index in [4.69, 9.17) is 21.1 Å². The third-order valence-corrected chi connectivity index (χ3v) is 3.37. The molecule has 0 aliphatic carbocycles. The first-order valence-corrected chi connectivity index (χ1v) is 6.89. The molecule has 1 aliphatic heterocycles. The van der Waals surface area contributed by atoms with Crippen molar-refractivity contribution >= 4 is 17.6 Å². The maximum atomic E-state index is 11.3. The molecule has 0 aromatic heterocycles. The largest absolute Gasteiger partial charge is 0.486 e. The van der Waals surface area contributed by atoms with Crippen molar-refractivity contribution < 1.29 is 19.0 Å². The highest BCUT2D eigenvalue weighted by Crippen LogP contribution is 2.38. The zero-order valence-electron chi connectivity index (χ0n) is 11.6. The number of halogens is 1. The van der Waals surface area contributed by atoms with Crippen molar-refractivity contribution in [3.63, 3.8) is 0 Å². The predicted octanol–water partition coefficient (Wildman–Crippen LogP) is 2.11. The van der Waals surface area contributed by atoms with E-state index in [1.165, 1.54) is 7.11 Å². The van der Waals surface area contributed by atoms with Gasteiger partial charge < -0.3 is 14.2 Å². The summed E-state index contributed by atoms with van der Waals surface area (Å²) in [5, 5.41) is 0.534. The Morgan fingerprint density at radius 2 is 2.15 bits per heavy atom. The number of ether oxygens (including phenoxy) is 3. The molecule has 0 N–H and O–H groups in total. The Hall–Kier alpha value is -1.46. The molecule has 0 atom stereocenters. The molecule has 1 heterocycles. The molecule has 2 rings (SSSR count). The van der Waals surface area contributed by atoms with Crippen molar-refractivity contribution in [1.82, 2.24) is 4.90 Å². The van der Waals surface area contributed by atoms with Gasteiger partial charge in [-0.05, 0) is 24.2 Å². The molecule has 1 aliphatic rings. The highest BCUT2D eigenvalue weighted by atomic mass is 35.5. The molecule has 0 saturated heterocycles. The van der Waals surface area contributed by atoms with Gasteiger partial charge in [-0.1, -0.05) is 18.5 Å². The fraction of sp³-hybridized carbons (Fsp3) is 0.500. The summed E-state index contributed by atoms with van der Waals surface area (Å²) in [4.78, 5) is 13.3. The Morgan fingerprint density at radius 1 is 1.40 bits per heavy atom. The van der Waals surface area contributed by atoms with Crippen molar-refractivity contribution in [1.29, 1.82) is 0 Å². The fourth-order valence-corrected chi connectivity index (χ4v) is 2.33. The van der Waals surface area contributed by atoms with Crippen molar-refractivity contribution in [3.05, 3.63) is 22.7 Å². The van der Waals surface area contributed by atoms with Crippen LogP contribution >= 0.6 is 11.6 Å². The second-order valence-corrected chi connectivity index (χ2v) is 4.89. The number of hydrogen-bond donors (Lipinski definition) is 0. The van der Waals surface area contributed by atoms with Gasteiger partial charge in [0.15, 0.2) is 11.5 Å². The van der Waals surface area contributed by atoms with E-state index >= 15 is 0 Å². The molecular weight excluding hydrogens is 282 g/mol. The van der Waals surface area contributed by atoms with Crippen LogP contribution in [-0.4, -0.2) is 44.3 Å². The molecule has 6 heteroatoms. The van der Waals surface area contributed by atoms with Gasteiger partial charge in [-0.2, -0.15) is 0 Å². The SMILES string of the molecule is CCN(CC(=O)OC)Cc1cc(Cl)c2c(c1)OCCO2. The van der Waals surface area contributed by atoms with E-state index in [0.29, 0.717) is 36.3 Å². The predicted molar refractivity (Wildman–Crippen MR) is 75.4 cm³/mol. The Morgan fingerprint density at radius 3 is 2.85 bits per heavy atom. The fourth-order valence-electron chi connectivity index (χ4n) is 2.04. The number of carbonyl (C=O) groups excluding carboxylic acids is 1. The lowest BCUT2D eigenvalue weighted by Crippen LogP contribution is -2.30. The Balaban J connectivity index is 2.12. The molecule has 0 amide bonds. The second kappa shape index (κ2) is 6.81. The zero-order valence-corrected chi connectivity index (χ0v) is 12.4. The first-order chi connectivity index (χ1) is 9.63. The molecular formula is C14H18ClNO4. The first kappa shape index (κ1) is 14.9. The average molecular weight is 300 g/mol. The molecule has 5 nitrogen and oxygen atoms in total. The van der Waals surface area contributed by atoms with E-state index in [1.54, 1.807) is 0 Å². The van der Waals surface area contributed by atoms with Gasteiger partial charge in [-0.25, -0.2) is 0 Å². The number of esters is 1. The summed E-state index contributed by atoms with van der Waals surface area (Å²) >= 11 is 6.19. The molecule has 0 saturated carbocycles. The molecule has 1 aromatic carbocycles. The smallest absolute Gasteiger partial charge is 0.319 e. The van der Waals surface area contributed by atoms with Crippen LogP contribution in [0.15, 0.2) is 12.1 Å². The van der Waals surface area contributed by atoms with Gasteiger partial charge in [0.05, 0.1) is 18.7 Å². The molecule has 1 aromatic rings. The minimum atomic E-state index is -0.254. The number of rotatable bonds is 5. The molecule has 20 heavy (non-hydrogen) atoms. The number of likely N-dealkylation sites (N-methyl/N-ethyl adjacent to an activating group) is 1. The second-order valence-electron chi connectivity index (χ2n) is 4.48. The van der Waals surface area contributed by atoms with Gasteiger partial charge in [0.25, 0.3) is 0 Å². The molecule has 0 unspecified atom stereocenters. The Kier molecular flexibility index (Phi) is 5.09. The molecule has 0 spiro atoms. The van der Waals surface area contributed by atoms with E-state index in [2.05, 4.69) is 4.74 Å². The van der Waals surface area contributed by atoms with Crippen LogP contribution in [0, 0.1) is 0 Å². The van der Waals surface area contributed by atoms with Gasteiger partial charge in [-0.15, -0.1) is 0 Å². The van der Waals surface area contributed by atoms with Crippen LogP contribution in [0.2, 0.25) is 5.02 Å². The lowest BCUT2D eigenvalue weighted by Gasteiger charge is -2.23. The van der Waals surface area contributed by atoms with Crippen LogP contribution in [0.25, 0.3) is 0 Å². The van der Waals surface area contributed by atoms with Gasteiger partial charge in [0, 0.05) is 6.54 Å². The van der Waals surface area contributed by atoms with E-state index in [0.717, 1.165) is 12.1 Å². The van der Waals surface area contributed by atoms with Gasteiger partial charge in [0.2, 0.25) is 0 Å². The number of hydrogen-bond acceptors (Lipinski definition) is 5. The molecule has 0 radical (unpaired) electrons. The van der Waals surface area contributed by atoms with Crippen molar-refractivity contribution in [2.75, 3.05) is 33.4 Å². The van der Waals surface area contributed by atoms with E-state index in [-0.39, 0.29) is 12.5 Å². The summed E-state index contributed by atoms with van der Waals surface area (Å²) in [5.74, 6) is 1.00. The summed E-state index contributed by atoms with van der Waals surface area (Å²) in [6.45, 7) is 4.60. The van der Waals surface area contributed by atoms with Crippen molar-refractivity contribution in [3.8, 4) is 11.5 Å². The number of nitrogens with zero attached hydrogens (tertiary/aromatic N) is 1. The summed E-state index contributed by atoms with van der Waals surface area (Å²) in [5.41, 5.74) is 0.977. The number of methoxy groups -OCH3 is 1. The van der Waals surface area contributed by atoms with Crippen LogP contribution in [-0.2, 0) is 16.1 Å². The van der Waals surface area contributed by atoms with Crippen LogP contribution in [0.3, 0.4) is 0 Å². The highest BCUT2D eigenvalue weighted by molar-refractivity contribution is 6.32. The quantitative estimate of drug-likeness (QED) is 0.779. The lowest BCUT2D eigenvalue weighted by molar-refractivity contribution is -0.142. The Bertz CT molecular complexity index is 492. The van der Waals surface area contributed by atoms with Gasteiger partial charge in [-0.3, -0.25) is 9.69 Å². The average Bonchev–Trinajstić information content (AvgIpc) is 2.46. The monoisotopic (exact) mass is 299 g/mol. The Labute approximate surface area is 123 Å². The van der Waals surface area contributed by atoms with Crippen LogP contribution < -0.4 is 9.47 Å². The lowest BCUT2D eigenvalue weighted by atomic mass is 10.1. The summed E-state index contributed by atoms with van der Waals surface area (Å²) in [6.07, 6.45) is 0. The summed E-state index contributed by atoms with van der Waals surface area (Å²) < 4.78 is 15.7. The van der Waals surface area contributed by atoms with Crippen molar-refractivity contribution in [2.45, 2.75) is 13.5 Å². The molecule has 110 valence electrons. The first-order valence-electron chi connectivity index (χ1n) is 6.51. The van der Waals surface area contributed by atoms with Gasteiger partial charge in [0.1, 0.15) is 13.2 Å². The van der Waals surface area contributed by atoms with Crippen LogP contribution in [0.5, 0.6) is 11.5 Å². The summed E-state index contributed by atoms with van der Waals surface area (Å²) in [7, 11) is 1.39. The minimum absolute atomic E-state index is 0.249. The van der Waals surface area contributed by atoms with Crippen LogP contribution in [0.4, 0.5) is 0 Å². The maximum absolute atomic E-state index is 11.3. The van der Waals surface area contributed by atoms with E-state index in [9.17, 15) is 4.79 Å². The third kappa shape index (κ3) is 3.55. The maximum Gasteiger partial charge on any atom is 0.319 e. The topological polar surface area (TPSA) is 48.0 Å². The summed E-state index contributed by atoms with van der Waals surface area (Å²) in [6, 6.07) is 3.75.